The van der Waals surface area contributed by atoms with Crippen LogP contribution in [0.25, 0.3) is 0 Å². The van der Waals surface area contributed by atoms with Crippen molar-refractivity contribution in [3.8, 4) is 11.5 Å². The zero-order valence-corrected chi connectivity index (χ0v) is 16.7. The minimum atomic E-state index is -0.219. The van der Waals surface area contributed by atoms with Gasteiger partial charge >= 0.3 is 5.97 Å². The Morgan fingerprint density at radius 1 is 1.00 bits per heavy atom. The van der Waals surface area contributed by atoms with Crippen LogP contribution in [0, 0.1) is 0 Å². The molecule has 2 aliphatic heterocycles. The number of hydrogen-bond donors (Lipinski definition) is 0. The Morgan fingerprint density at radius 3 is 2.62 bits per heavy atom. The third-order valence-electron chi connectivity index (χ3n) is 6.10. The second kappa shape index (κ2) is 7.59. The van der Waals surface area contributed by atoms with Crippen molar-refractivity contribution in [2.24, 2.45) is 0 Å². The SMILES string of the molecule is CC(=O)OC1c2ccccc2CC1N1CCN(c2cccc3c2OCCO3)CC1. The molecule has 1 fully saturated rings. The molecule has 2 aromatic rings. The van der Waals surface area contributed by atoms with Crippen molar-refractivity contribution in [1.82, 2.24) is 4.90 Å². The Bertz CT molecular complexity index is 908. The van der Waals surface area contributed by atoms with Crippen LogP contribution in [0.3, 0.4) is 0 Å². The van der Waals surface area contributed by atoms with Crippen molar-refractivity contribution in [2.45, 2.75) is 25.5 Å². The van der Waals surface area contributed by atoms with Crippen molar-refractivity contribution in [3.05, 3.63) is 53.6 Å². The highest BCUT2D eigenvalue weighted by Crippen LogP contribution is 2.41. The van der Waals surface area contributed by atoms with Gasteiger partial charge in [-0.15, -0.1) is 0 Å². The van der Waals surface area contributed by atoms with E-state index >= 15 is 0 Å². The molecule has 0 radical (unpaired) electrons. The maximum absolute atomic E-state index is 11.7. The smallest absolute Gasteiger partial charge is 0.303 e. The Kier molecular flexibility index (Phi) is 4.79. The summed E-state index contributed by atoms with van der Waals surface area (Å²) in [6, 6.07) is 14.6. The van der Waals surface area contributed by atoms with Crippen LogP contribution in [0.5, 0.6) is 11.5 Å². The quantitative estimate of drug-likeness (QED) is 0.747. The highest BCUT2D eigenvalue weighted by atomic mass is 16.6. The van der Waals surface area contributed by atoms with Crippen molar-refractivity contribution < 1.29 is 19.0 Å². The number of para-hydroxylation sites is 1. The molecule has 6 nitrogen and oxygen atoms in total. The zero-order valence-electron chi connectivity index (χ0n) is 16.7. The lowest BCUT2D eigenvalue weighted by Crippen LogP contribution is -2.52. The summed E-state index contributed by atoms with van der Waals surface area (Å²) in [5.41, 5.74) is 3.54. The molecular formula is C23H26N2O4. The lowest BCUT2D eigenvalue weighted by molar-refractivity contribution is -0.149. The molecule has 0 amide bonds. The molecule has 1 aliphatic carbocycles. The number of nitrogens with zero attached hydrogens (tertiary/aromatic N) is 2. The van der Waals surface area contributed by atoms with Gasteiger partial charge in [-0.25, -0.2) is 0 Å². The van der Waals surface area contributed by atoms with Gasteiger partial charge in [-0.1, -0.05) is 30.3 Å². The van der Waals surface area contributed by atoms with E-state index < -0.39 is 0 Å². The molecule has 0 saturated carbocycles. The lowest BCUT2D eigenvalue weighted by Gasteiger charge is -2.41. The van der Waals surface area contributed by atoms with Crippen molar-refractivity contribution in [2.75, 3.05) is 44.3 Å². The second-order valence-electron chi connectivity index (χ2n) is 7.82. The monoisotopic (exact) mass is 394 g/mol. The first-order valence-corrected chi connectivity index (χ1v) is 10.3. The average Bonchev–Trinajstić information content (AvgIpc) is 3.11. The minimum absolute atomic E-state index is 0.184. The summed E-state index contributed by atoms with van der Waals surface area (Å²) >= 11 is 0. The van der Waals surface area contributed by atoms with Gasteiger partial charge in [0.25, 0.3) is 0 Å². The van der Waals surface area contributed by atoms with Crippen molar-refractivity contribution in [3.63, 3.8) is 0 Å². The molecule has 2 unspecified atom stereocenters. The van der Waals surface area contributed by atoms with E-state index in [2.05, 4.69) is 34.1 Å². The number of fused-ring (bicyclic) bond motifs is 2. The van der Waals surface area contributed by atoms with E-state index in [1.165, 1.54) is 12.5 Å². The molecule has 5 rings (SSSR count). The summed E-state index contributed by atoms with van der Waals surface area (Å²) in [6.45, 7) is 6.33. The molecule has 3 aliphatic rings. The Labute approximate surface area is 171 Å². The fourth-order valence-electron chi connectivity index (χ4n) is 4.78. The largest absolute Gasteiger partial charge is 0.486 e. The normalized spacial score (nSPS) is 23.6. The minimum Gasteiger partial charge on any atom is -0.486 e. The second-order valence-corrected chi connectivity index (χ2v) is 7.82. The molecule has 6 heteroatoms. The van der Waals surface area contributed by atoms with Gasteiger partial charge in [0.05, 0.1) is 11.7 Å². The van der Waals surface area contributed by atoms with Crippen LogP contribution in [0.4, 0.5) is 5.69 Å². The number of esters is 1. The van der Waals surface area contributed by atoms with Gasteiger partial charge in [0.1, 0.15) is 19.3 Å². The first-order chi connectivity index (χ1) is 14.2. The van der Waals surface area contributed by atoms with Crippen LogP contribution in [0.1, 0.15) is 24.2 Å². The van der Waals surface area contributed by atoms with Gasteiger partial charge in [0, 0.05) is 33.1 Å². The molecule has 29 heavy (non-hydrogen) atoms. The predicted octanol–water partition coefficient (Wildman–Crippen LogP) is 2.81. The van der Waals surface area contributed by atoms with Crippen LogP contribution in [-0.4, -0.2) is 56.3 Å². The summed E-state index contributed by atoms with van der Waals surface area (Å²) in [6.07, 6.45) is 0.739. The number of carbonyl (C=O) groups excluding carboxylic acids is 1. The summed E-state index contributed by atoms with van der Waals surface area (Å²) in [4.78, 5) is 16.6. The van der Waals surface area contributed by atoms with Gasteiger partial charge in [0.2, 0.25) is 0 Å². The summed E-state index contributed by atoms with van der Waals surface area (Å²) in [7, 11) is 0. The van der Waals surface area contributed by atoms with E-state index in [1.54, 1.807) is 0 Å². The highest BCUT2D eigenvalue weighted by Gasteiger charge is 2.39. The average molecular weight is 394 g/mol. The molecule has 1 saturated heterocycles. The summed E-state index contributed by atoms with van der Waals surface area (Å²) in [5, 5.41) is 0. The van der Waals surface area contributed by atoms with E-state index in [0.29, 0.717) is 13.2 Å². The fourth-order valence-corrected chi connectivity index (χ4v) is 4.78. The third kappa shape index (κ3) is 3.42. The van der Waals surface area contributed by atoms with Crippen LogP contribution in [0.15, 0.2) is 42.5 Å². The number of carbonyl (C=O) groups is 1. The molecule has 2 heterocycles. The van der Waals surface area contributed by atoms with Crippen LogP contribution >= 0.6 is 0 Å². The number of piperazine rings is 1. The molecule has 0 aromatic heterocycles. The standard InChI is InChI=1S/C23H26N2O4/c1-16(26)29-22-18-6-3-2-5-17(18)15-20(22)25-11-9-24(10-12-25)19-7-4-8-21-23(19)28-14-13-27-21/h2-8,20,22H,9-15H2,1H3. The molecule has 0 bridgehead atoms. The summed E-state index contributed by atoms with van der Waals surface area (Å²) in [5.74, 6) is 1.47. The van der Waals surface area contributed by atoms with Gasteiger partial charge < -0.3 is 19.1 Å². The molecular weight excluding hydrogens is 368 g/mol. The zero-order chi connectivity index (χ0) is 19.8. The van der Waals surface area contributed by atoms with E-state index in [0.717, 1.165) is 55.3 Å². The predicted molar refractivity (Wildman–Crippen MR) is 110 cm³/mol. The molecule has 2 atom stereocenters. The number of hydrogen-bond acceptors (Lipinski definition) is 6. The summed E-state index contributed by atoms with van der Waals surface area (Å²) < 4.78 is 17.4. The van der Waals surface area contributed by atoms with E-state index in [4.69, 9.17) is 14.2 Å². The first-order valence-electron chi connectivity index (χ1n) is 10.3. The van der Waals surface area contributed by atoms with Gasteiger partial charge in [-0.3, -0.25) is 9.69 Å². The molecule has 152 valence electrons. The lowest BCUT2D eigenvalue weighted by atomic mass is 10.1. The van der Waals surface area contributed by atoms with Gasteiger partial charge in [-0.05, 0) is 29.7 Å². The maximum atomic E-state index is 11.7. The Balaban J connectivity index is 1.31. The van der Waals surface area contributed by atoms with Crippen LogP contribution in [0.2, 0.25) is 0 Å². The number of anilines is 1. The maximum Gasteiger partial charge on any atom is 0.303 e. The van der Waals surface area contributed by atoms with Crippen LogP contribution < -0.4 is 14.4 Å². The molecule has 2 aromatic carbocycles. The van der Waals surface area contributed by atoms with Gasteiger partial charge in [0.15, 0.2) is 11.5 Å². The highest BCUT2D eigenvalue weighted by molar-refractivity contribution is 5.67. The molecule has 0 N–H and O–H groups in total. The Hall–Kier alpha value is -2.73. The van der Waals surface area contributed by atoms with E-state index in [1.807, 2.05) is 18.2 Å². The topological polar surface area (TPSA) is 51.2 Å². The van der Waals surface area contributed by atoms with Crippen molar-refractivity contribution in [1.29, 1.82) is 0 Å². The van der Waals surface area contributed by atoms with E-state index in [-0.39, 0.29) is 18.1 Å². The molecule has 0 spiro atoms. The number of benzene rings is 2. The number of ether oxygens (including phenoxy) is 3. The van der Waals surface area contributed by atoms with E-state index in [9.17, 15) is 4.79 Å². The third-order valence-corrected chi connectivity index (χ3v) is 6.10. The Morgan fingerprint density at radius 2 is 1.79 bits per heavy atom. The van der Waals surface area contributed by atoms with Gasteiger partial charge in [-0.2, -0.15) is 0 Å². The number of rotatable bonds is 3. The van der Waals surface area contributed by atoms with Crippen LogP contribution in [-0.2, 0) is 16.0 Å². The first kappa shape index (κ1) is 18.3. The van der Waals surface area contributed by atoms with Crippen molar-refractivity contribution >= 4 is 11.7 Å². The fraction of sp³-hybridized carbons (Fsp3) is 0.435.